The van der Waals surface area contributed by atoms with Crippen molar-refractivity contribution in [2.24, 2.45) is 0 Å². The fourth-order valence-corrected chi connectivity index (χ4v) is 4.14. The molecule has 0 saturated heterocycles. The van der Waals surface area contributed by atoms with E-state index in [-0.39, 0.29) is 11.5 Å². The third-order valence-corrected chi connectivity index (χ3v) is 6.05. The first-order valence-corrected chi connectivity index (χ1v) is 11.5. The van der Waals surface area contributed by atoms with E-state index in [1.165, 1.54) is 18.0 Å². The van der Waals surface area contributed by atoms with Gasteiger partial charge in [0.05, 0.1) is 31.4 Å². The molecule has 4 rings (SSSR count). The number of amides is 1. The van der Waals surface area contributed by atoms with Crippen molar-refractivity contribution < 1.29 is 14.3 Å². The Morgan fingerprint density at radius 1 is 0.971 bits per heavy atom. The predicted molar refractivity (Wildman–Crippen MR) is 137 cm³/mol. The largest absolute Gasteiger partial charge is 0.493 e. The zero-order valence-electron chi connectivity index (χ0n) is 20.2. The maximum absolute atomic E-state index is 13.0. The zero-order valence-corrected chi connectivity index (χ0v) is 20.2. The lowest BCUT2D eigenvalue weighted by Gasteiger charge is -2.19. The number of benzene rings is 3. The summed E-state index contributed by atoms with van der Waals surface area (Å²) < 4.78 is 12.1. The van der Waals surface area contributed by atoms with Crippen LogP contribution in [0, 0.1) is 0 Å². The lowest BCUT2D eigenvalue weighted by atomic mass is 9.99. The lowest BCUT2D eigenvalue weighted by Crippen LogP contribution is -2.27. The molecule has 4 aromatic rings. The molecule has 1 amide bonds. The molecule has 0 fully saturated rings. The summed E-state index contributed by atoms with van der Waals surface area (Å²) in [6.07, 6.45) is 2.38. The van der Waals surface area contributed by atoms with Gasteiger partial charge in [0.1, 0.15) is 0 Å². The van der Waals surface area contributed by atoms with Crippen molar-refractivity contribution in [3.05, 3.63) is 89.0 Å². The Morgan fingerprint density at radius 3 is 2.40 bits per heavy atom. The summed E-state index contributed by atoms with van der Waals surface area (Å²) in [5.74, 6) is 1.03. The number of ether oxygens (including phenoxy) is 2. The Hall–Kier alpha value is -4.13. The van der Waals surface area contributed by atoms with Crippen molar-refractivity contribution >= 4 is 16.8 Å². The van der Waals surface area contributed by atoms with Crippen LogP contribution in [-0.4, -0.2) is 41.6 Å². The predicted octanol–water partition coefficient (Wildman–Crippen LogP) is 4.52. The molecule has 0 aliphatic heterocycles. The molecule has 7 heteroatoms. The average Bonchev–Trinajstić information content (AvgIpc) is 2.90. The highest BCUT2D eigenvalue weighted by atomic mass is 16.5. The van der Waals surface area contributed by atoms with Gasteiger partial charge in [-0.2, -0.15) is 0 Å². The standard InChI is InChI=1S/C28H29N3O4/c1-30(18-21-12-7-8-13-22(21)20-10-5-4-6-11-20)27(32)14-9-15-31-19-29-24-17-26(35-3)25(34-2)16-23(24)28(31)33/h4-8,10-13,16-17,19H,9,14-15,18H2,1-3H3. The average molecular weight is 472 g/mol. The normalized spacial score (nSPS) is 10.8. The third-order valence-electron chi connectivity index (χ3n) is 6.05. The van der Waals surface area contributed by atoms with Gasteiger partial charge in [-0.25, -0.2) is 4.98 Å². The van der Waals surface area contributed by atoms with Crippen LogP contribution in [0.2, 0.25) is 0 Å². The van der Waals surface area contributed by atoms with Crippen LogP contribution >= 0.6 is 0 Å². The number of carbonyl (C=O) groups is 1. The van der Waals surface area contributed by atoms with Crippen molar-refractivity contribution in [1.29, 1.82) is 0 Å². The summed E-state index contributed by atoms with van der Waals surface area (Å²) in [6.45, 7) is 0.916. The summed E-state index contributed by atoms with van der Waals surface area (Å²) in [7, 11) is 4.88. The second-order valence-corrected chi connectivity index (χ2v) is 8.34. The number of methoxy groups -OCH3 is 2. The molecular weight excluding hydrogens is 442 g/mol. The van der Waals surface area contributed by atoms with E-state index >= 15 is 0 Å². The molecular formula is C28H29N3O4. The fourth-order valence-electron chi connectivity index (χ4n) is 4.14. The highest BCUT2D eigenvalue weighted by Gasteiger charge is 2.14. The summed E-state index contributed by atoms with van der Waals surface area (Å²) in [4.78, 5) is 31.9. The number of fused-ring (bicyclic) bond motifs is 1. The number of nitrogens with zero attached hydrogens (tertiary/aromatic N) is 3. The summed E-state index contributed by atoms with van der Waals surface area (Å²) >= 11 is 0. The molecule has 7 nitrogen and oxygen atoms in total. The Bertz CT molecular complexity index is 1380. The van der Waals surface area contributed by atoms with Crippen LogP contribution in [0.3, 0.4) is 0 Å². The molecule has 0 saturated carbocycles. The maximum atomic E-state index is 13.0. The number of aryl methyl sites for hydroxylation is 1. The molecule has 0 bridgehead atoms. The number of hydrogen-bond donors (Lipinski definition) is 0. The van der Waals surface area contributed by atoms with E-state index < -0.39 is 0 Å². The Labute approximate surface area is 204 Å². The molecule has 0 atom stereocenters. The molecule has 0 spiro atoms. The fraction of sp³-hybridized carbons (Fsp3) is 0.250. The SMILES string of the molecule is COc1cc2ncn(CCCC(=O)N(C)Cc3ccccc3-c3ccccc3)c(=O)c2cc1OC. The second-order valence-electron chi connectivity index (χ2n) is 8.34. The van der Waals surface area contributed by atoms with Crippen molar-refractivity contribution in [2.45, 2.75) is 25.9 Å². The van der Waals surface area contributed by atoms with E-state index in [1.807, 2.05) is 37.4 Å². The van der Waals surface area contributed by atoms with Crippen molar-refractivity contribution in [1.82, 2.24) is 14.5 Å². The summed E-state index contributed by atoms with van der Waals surface area (Å²) in [6, 6.07) is 21.6. The van der Waals surface area contributed by atoms with Crippen LogP contribution in [0.25, 0.3) is 22.0 Å². The van der Waals surface area contributed by atoms with Gasteiger partial charge in [0, 0.05) is 32.6 Å². The minimum Gasteiger partial charge on any atom is -0.493 e. The van der Waals surface area contributed by atoms with Crippen LogP contribution in [0.4, 0.5) is 0 Å². The van der Waals surface area contributed by atoms with E-state index in [0.717, 1.165) is 16.7 Å². The molecule has 3 aromatic carbocycles. The highest BCUT2D eigenvalue weighted by Crippen LogP contribution is 2.30. The van der Waals surface area contributed by atoms with Crippen LogP contribution in [0.1, 0.15) is 18.4 Å². The lowest BCUT2D eigenvalue weighted by molar-refractivity contribution is -0.130. The van der Waals surface area contributed by atoms with Crippen molar-refractivity contribution in [3.63, 3.8) is 0 Å². The first kappa shape index (κ1) is 24.0. The van der Waals surface area contributed by atoms with Gasteiger partial charge in [0.25, 0.3) is 5.56 Å². The topological polar surface area (TPSA) is 73.7 Å². The molecule has 0 aliphatic carbocycles. The summed E-state index contributed by atoms with van der Waals surface area (Å²) in [5.41, 5.74) is 3.70. The van der Waals surface area contributed by atoms with Crippen LogP contribution < -0.4 is 15.0 Å². The van der Waals surface area contributed by atoms with Gasteiger partial charge in [-0.05, 0) is 29.2 Å². The second kappa shape index (κ2) is 10.9. The summed E-state index contributed by atoms with van der Waals surface area (Å²) in [5, 5.41) is 0.450. The van der Waals surface area contributed by atoms with Gasteiger partial charge in [0.2, 0.25) is 5.91 Å². The first-order valence-electron chi connectivity index (χ1n) is 11.5. The quantitative estimate of drug-likeness (QED) is 0.359. The van der Waals surface area contributed by atoms with Crippen LogP contribution in [0.5, 0.6) is 11.5 Å². The molecule has 1 heterocycles. The molecule has 180 valence electrons. The van der Waals surface area contributed by atoms with E-state index in [4.69, 9.17) is 9.47 Å². The first-order chi connectivity index (χ1) is 17.0. The number of hydrogen-bond acceptors (Lipinski definition) is 5. The monoisotopic (exact) mass is 471 g/mol. The van der Waals surface area contributed by atoms with Gasteiger partial charge < -0.3 is 14.4 Å². The van der Waals surface area contributed by atoms with Gasteiger partial charge in [-0.15, -0.1) is 0 Å². The van der Waals surface area contributed by atoms with Crippen molar-refractivity contribution in [3.8, 4) is 22.6 Å². The Balaban J connectivity index is 1.41. The number of rotatable bonds is 9. The van der Waals surface area contributed by atoms with E-state index in [0.29, 0.717) is 48.3 Å². The zero-order chi connectivity index (χ0) is 24.8. The van der Waals surface area contributed by atoms with E-state index in [1.54, 1.807) is 24.1 Å². The van der Waals surface area contributed by atoms with Gasteiger partial charge >= 0.3 is 0 Å². The smallest absolute Gasteiger partial charge is 0.261 e. The van der Waals surface area contributed by atoms with Crippen molar-refractivity contribution in [2.75, 3.05) is 21.3 Å². The minimum atomic E-state index is -0.173. The van der Waals surface area contributed by atoms with Gasteiger partial charge in [-0.3, -0.25) is 14.2 Å². The molecule has 0 aliphatic rings. The third kappa shape index (κ3) is 5.35. The number of carbonyl (C=O) groups excluding carboxylic acids is 1. The Morgan fingerprint density at radius 2 is 1.66 bits per heavy atom. The van der Waals surface area contributed by atoms with Gasteiger partial charge in [0.15, 0.2) is 11.5 Å². The number of aromatic nitrogens is 2. The molecule has 35 heavy (non-hydrogen) atoms. The van der Waals surface area contributed by atoms with Crippen LogP contribution in [-0.2, 0) is 17.9 Å². The molecule has 0 N–H and O–H groups in total. The molecule has 0 radical (unpaired) electrons. The maximum Gasteiger partial charge on any atom is 0.261 e. The Kier molecular flexibility index (Phi) is 7.45. The highest BCUT2D eigenvalue weighted by molar-refractivity contribution is 5.81. The van der Waals surface area contributed by atoms with Crippen LogP contribution in [0.15, 0.2) is 77.9 Å². The van der Waals surface area contributed by atoms with Gasteiger partial charge in [-0.1, -0.05) is 54.6 Å². The molecule has 0 unspecified atom stereocenters. The minimum absolute atomic E-state index is 0.0288. The van der Waals surface area contributed by atoms with E-state index in [2.05, 4.69) is 29.2 Å². The molecule has 1 aromatic heterocycles. The van der Waals surface area contributed by atoms with E-state index in [9.17, 15) is 9.59 Å².